The molecule has 0 saturated carbocycles. The number of Topliss-reactive ketones (excluding diaryl/α,β-unsaturated/α-hetero) is 1. The molecule has 27 heavy (non-hydrogen) atoms. The fourth-order valence-electron chi connectivity index (χ4n) is 3.69. The van der Waals surface area contributed by atoms with Crippen LogP contribution in [0.25, 0.3) is 11.1 Å². The molecule has 2 nitrogen and oxygen atoms in total. The van der Waals surface area contributed by atoms with Gasteiger partial charge in [-0.1, -0.05) is 81.6 Å². The second-order valence-corrected chi connectivity index (χ2v) is 7.70. The summed E-state index contributed by atoms with van der Waals surface area (Å²) in [4.78, 5) is 12.7. The number of nitrogens with one attached hydrogen (secondary N) is 1. The molecular weight excluding hydrogens is 330 g/mol. The van der Waals surface area contributed by atoms with Gasteiger partial charge < -0.3 is 5.32 Å². The van der Waals surface area contributed by atoms with Gasteiger partial charge in [0.15, 0.2) is 5.78 Å². The largest absolute Gasteiger partial charge is 0.310 e. The van der Waals surface area contributed by atoms with E-state index in [1.54, 1.807) is 0 Å². The maximum atomic E-state index is 12.7. The Kier molecular flexibility index (Phi) is 8.24. The highest BCUT2D eigenvalue weighted by Crippen LogP contribution is 2.26. The second kappa shape index (κ2) is 10.4. The van der Waals surface area contributed by atoms with Crippen molar-refractivity contribution in [3.8, 4) is 11.1 Å². The highest BCUT2D eigenvalue weighted by molar-refractivity contribution is 5.86. The SMILES string of the molecule is CCCCC(C)C(=O)[C@H](Cc1ccc(-c2ccc(C)cc2CC)cc1)NC. The molecule has 1 N–H and O–H groups in total. The van der Waals surface area contributed by atoms with Crippen LogP contribution >= 0.6 is 0 Å². The lowest BCUT2D eigenvalue weighted by molar-refractivity contribution is -0.124. The summed E-state index contributed by atoms with van der Waals surface area (Å²) in [5, 5.41) is 3.23. The number of benzene rings is 2. The van der Waals surface area contributed by atoms with E-state index in [0.717, 1.165) is 32.1 Å². The minimum absolute atomic E-state index is 0.103. The lowest BCUT2D eigenvalue weighted by Gasteiger charge is -2.20. The molecule has 0 heterocycles. The first kappa shape index (κ1) is 21.4. The Hall–Kier alpha value is -1.93. The highest BCUT2D eigenvalue weighted by atomic mass is 16.1. The number of ketones is 1. The van der Waals surface area contributed by atoms with Crippen LogP contribution in [-0.4, -0.2) is 18.9 Å². The fraction of sp³-hybridized carbons (Fsp3) is 0.480. The van der Waals surface area contributed by atoms with Crippen molar-refractivity contribution >= 4 is 5.78 Å². The van der Waals surface area contributed by atoms with Gasteiger partial charge in [0.1, 0.15) is 0 Å². The molecular formula is C25H35NO. The minimum Gasteiger partial charge on any atom is -0.310 e. The third-order valence-corrected chi connectivity index (χ3v) is 5.51. The molecule has 2 aromatic carbocycles. The molecule has 0 radical (unpaired) electrons. The van der Waals surface area contributed by atoms with Crippen LogP contribution in [0.15, 0.2) is 42.5 Å². The Bertz CT molecular complexity index is 732. The van der Waals surface area contributed by atoms with Gasteiger partial charge in [0.2, 0.25) is 0 Å². The number of likely N-dealkylation sites (N-methyl/N-ethyl adjacent to an activating group) is 1. The summed E-state index contributed by atoms with van der Waals surface area (Å²) in [6, 6.07) is 15.3. The number of unbranched alkanes of at least 4 members (excludes halogenated alkanes) is 1. The predicted molar refractivity (Wildman–Crippen MR) is 116 cm³/mol. The monoisotopic (exact) mass is 365 g/mol. The van der Waals surface area contributed by atoms with Crippen LogP contribution in [-0.2, 0) is 17.6 Å². The Labute approximate surface area is 165 Å². The van der Waals surface area contributed by atoms with E-state index >= 15 is 0 Å². The summed E-state index contributed by atoms with van der Waals surface area (Å²) in [6.07, 6.45) is 5.03. The van der Waals surface area contributed by atoms with Gasteiger partial charge in [0.25, 0.3) is 0 Å². The normalized spacial score (nSPS) is 13.4. The smallest absolute Gasteiger partial charge is 0.152 e. The molecule has 0 bridgehead atoms. The lowest BCUT2D eigenvalue weighted by Crippen LogP contribution is -2.39. The van der Waals surface area contributed by atoms with Gasteiger partial charge in [-0.15, -0.1) is 0 Å². The number of carbonyl (C=O) groups excluding carboxylic acids is 1. The topological polar surface area (TPSA) is 29.1 Å². The van der Waals surface area contributed by atoms with Crippen molar-refractivity contribution in [2.45, 2.75) is 65.8 Å². The molecule has 0 saturated heterocycles. The number of aryl methyl sites for hydroxylation is 2. The number of rotatable bonds is 10. The van der Waals surface area contributed by atoms with E-state index in [4.69, 9.17) is 0 Å². The van der Waals surface area contributed by atoms with E-state index in [9.17, 15) is 4.79 Å². The van der Waals surface area contributed by atoms with Gasteiger partial charge >= 0.3 is 0 Å². The zero-order valence-corrected chi connectivity index (χ0v) is 17.6. The lowest BCUT2D eigenvalue weighted by atomic mass is 9.90. The van der Waals surface area contributed by atoms with Crippen LogP contribution in [0.2, 0.25) is 0 Å². The standard InChI is InChI=1S/C25H35NO/c1-6-8-9-19(4)25(27)24(26-5)17-20-11-13-22(14-12-20)23-15-10-18(3)16-21(23)7-2/h10-16,19,24,26H,6-9,17H2,1-5H3/t19?,24-/m0/s1. The van der Waals surface area contributed by atoms with Gasteiger partial charge in [0.05, 0.1) is 6.04 Å². The van der Waals surface area contributed by atoms with E-state index in [1.165, 1.54) is 27.8 Å². The molecule has 146 valence electrons. The summed E-state index contributed by atoms with van der Waals surface area (Å²) < 4.78 is 0. The van der Waals surface area contributed by atoms with Crippen LogP contribution in [0.3, 0.4) is 0 Å². The molecule has 2 aromatic rings. The molecule has 2 rings (SSSR count). The van der Waals surface area contributed by atoms with E-state index in [2.05, 4.69) is 75.5 Å². The molecule has 0 fully saturated rings. The van der Waals surface area contributed by atoms with Crippen molar-refractivity contribution in [1.82, 2.24) is 5.32 Å². The molecule has 1 unspecified atom stereocenters. The van der Waals surface area contributed by atoms with E-state index in [1.807, 2.05) is 7.05 Å². The summed E-state index contributed by atoms with van der Waals surface area (Å²) in [6.45, 7) is 8.58. The minimum atomic E-state index is -0.103. The summed E-state index contributed by atoms with van der Waals surface area (Å²) in [7, 11) is 1.89. The maximum Gasteiger partial charge on any atom is 0.152 e. The van der Waals surface area contributed by atoms with E-state index < -0.39 is 0 Å². The number of hydrogen-bond acceptors (Lipinski definition) is 2. The van der Waals surface area contributed by atoms with Crippen LogP contribution < -0.4 is 5.32 Å². The third-order valence-electron chi connectivity index (χ3n) is 5.51. The highest BCUT2D eigenvalue weighted by Gasteiger charge is 2.22. The van der Waals surface area contributed by atoms with Crippen LogP contribution in [0, 0.1) is 12.8 Å². The molecule has 0 aliphatic heterocycles. The Balaban J connectivity index is 2.11. The first-order valence-electron chi connectivity index (χ1n) is 10.4. The van der Waals surface area contributed by atoms with E-state index in [0.29, 0.717) is 5.78 Å². The average molecular weight is 366 g/mol. The van der Waals surface area contributed by atoms with Gasteiger partial charge in [-0.25, -0.2) is 0 Å². The van der Waals surface area contributed by atoms with Gasteiger partial charge in [-0.2, -0.15) is 0 Å². The first-order valence-corrected chi connectivity index (χ1v) is 10.4. The second-order valence-electron chi connectivity index (χ2n) is 7.70. The third kappa shape index (κ3) is 5.77. The van der Waals surface area contributed by atoms with Crippen molar-refractivity contribution in [1.29, 1.82) is 0 Å². The van der Waals surface area contributed by atoms with Crippen molar-refractivity contribution in [3.05, 3.63) is 59.2 Å². The van der Waals surface area contributed by atoms with E-state index in [-0.39, 0.29) is 12.0 Å². The van der Waals surface area contributed by atoms with Gasteiger partial charge in [0, 0.05) is 5.92 Å². The van der Waals surface area contributed by atoms with Gasteiger partial charge in [-0.05, 0) is 55.5 Å². The molecule has 0 aliphatic carbocycles. The number of carbonyl (C=O) groups is 1. The van der Waals surface area contributed by atoms with Crippen molar-refractivity contribution in [2.24, 2.45) is 5.92 Å². The van der Waals surface area contributed by atoms with Crippen LogP contribution in [0.1, 0.15) is 56.7 Å². The fourth-order valence-corrected chi connectivity index (χ4v) is 3.69. The quantitative estimate of drug-likeness (QED) is 0.581. The molecule has 2 atom stereocenters. The summed E-state index contributed by atoms with van der Waals surface area (Å²) >= 11 is 0. The maximum absolute atomic E-state index is 12.7. The molecule has 2 heteroatoms. The zero-order valence-electron chi connectivity index (χ0n) is 17.6. The van der Waals surface area contributed by atoms with Crippen LogP contribution in [0.4, 0.5) is 0 Å². The summed E-state index contributed by atoms with van der Waals surface area (Å²) in [5.41, 5.74) is 6.46. The van der Waals surface area contributed by atoms with Crippen molar-refractivity contribution in [2.75, 3.05) is 7.05 Å². The summed E-state index contributed by atoms with van der Waals surface area (Å²) in [5.74, 6) is 0.461. The van der Waals surface area contributed by atoms with Gasteiger partial charge in [-0.3, -0.25) is 4.79 Å². The number of hydrogen-bond donors (Lipinski definition) is 1. The zero-order chi connectivity index (χ0) is 19.8. The Morgan fingerprint density at radius 3 is 2.37 bits per heavy atom. The Morgan fingerprint density at radius 1 is 1.07 bits per heavy atom. The average Bonchev–Trinajstić information content (AvgIpc) is 2.70. The molecule has 0 aliphatic rings. The van der Waals surface area contributed by atoms with Crippen molar-refractivity contribution in [3.63, 3.8) is 0 Å². The molecule has 0 spiro atoms. The van der Waals surface area contributed by atoms with Crippen LogP contribution in [0.5, 0.6) is 0 Å². The molecule has 0 amide bonds. The molecule has 0 aromatic heterocycles. The van der Waals surface area contributed by atoms with Crippen molar-refractivity contribution < 1.29 is 4.79 Å². The first-order chi connectivity index (χ1) is 13.0. The predicted octanol–water partition coefficient (Wildman–Crippen LogP) is 5.75. The Morgan fingerprint density at radius 2 is 1.78 bits per heavy atom.